The van der Waals surface area contributed by atoms with Crippen molar-refractivity contribution >= 4 is 21.6 Å². The third-order valence-corrected chi connectivity index (χ3v) is 3.03. The van der Waals surface area contributed by atoms with Crippen molar-refractivity contribution in [2.45, 2.75) is 6.92 Å². The Labute approximate surface area is 124 Å². The van der Waals surface area contributed by atoms with Gasteiger partial charge in [0.25, 0.3) is 5.88 Å². The lowest BCUT2D eigenvalue weighted by atomic mass is 10.3. The van der Waals surface area contributed by atoms with Gasteiger partial charge < -0.3 is 9.47 Å². The van der Waals surface area contributed by atoms with E-state index >= 15 is 0 Å². The molecule has 0 spiro atoms. The molecule has 5 nitrogen and oxygen atoms in total. The van der Waals surface area contributed by atoms with Crippen molar-refractivity contribution < 1.29 is 9.47 Å². The van der Waals surface area contributed by atoms with Gasteiger partial charge in [0.2, 0.25) is 5.65 Å². The van der Waals surface area contributed by atoms with Crippen LogP contribution in [0, 0.1) is 0 Å². The van der Waals surface area contributed by atoms with Crippen molar-refractivity contribution in [1.29, 1.82) is 0 Å². The highest BCUT2D eigenvalue weighted by molar-refractivity contribution is 9.10. The van der Waals surface area contributed by atoms with Crippen LogP contribution >= 0.6 is 15.9 Å². The first-order valence-electron chi connectivity index (χ1n) is 6.16. The Morgan fingerprint density at radius 2 is 2.15 bits per heavy atom. The van der Waals surface area contributed by atoms with Gasteiger partial charge in [-0.3, -0.25) is 4.40 Å². The minimum atomic E-state index is 0.443. The molecule has 0 aliphatic rings. The minimum absolute atomic E-state index is 0.443. The number of hydrogen-bond acceptors (Lipinski definition) is 4. The van der Waals surface area contributed by atoms with Crippen LogP contribution in [0.2, 0.25) is 0 Å². The van der Waals surface area contributed by atoms with Crippen LogP contribution < -0.4 is 9.47 Å². The van der Waals surface area contributed by atoms with E-state index in [1.54, 1.807) is 6.20 Å². The van der Waals surface area contributed by atoms with Gasteiger partial charge in [-0.2, -0.15) is 0 Å². The number of halogens is 1. The number of ether oxygens (including phenoxy) is 2. The third-order valence-electron chi connectivity index (χ3n) is 2.64. The van der Waals surface area contributed by atoms with Crippen LogP contribution in [0.3, 0.4) is 0 Å². The maximum atomic E-state index is 5.81. The van der Waals surface area contributed by atoms with Gasteiger partial charge in [0.05, 0.1) is 6.61 Å². The van der Waals surface area contributed by atoms with E-state index in [1.807, 2.05) is 48.0 Å². The molecule has 0 amide bonds. The highest BCUT2D eigenvalue weighted by Crippen LogP contribution is 2.27. The number of rotatable bonds is 4. The molecule has 2 aromatic heterocycles. The zero-order valence-electron chi connectivity index (χ0n) is 10.8. The summed E-state index contributed by atoms with van der Waals surface area (Å²) in [5, 5.41) is 0. The molecular formula is C14H12BrN3O2. The lowest BCUT2D eigenvalue weighted by Crippen LogP contribution is -1.96. The molecule has 20 heavy (non-hydrogen) atoms. The Balaban J connectivity index is 1.96. The average molecular weight is 334 g/mol. The van der Waals surface area contributed by atoms with Crippen LogP contribution in [-0.2, 0) is 0 Å². The quantitative estimate of drug-likeness (QED) is 0.730. The predicted molar refractivity (Wildman–Crippen MR) is 78.4 cm³/mol. The van der Waals surface area contributed by atoms with Gasteiger partial charge in [0.1, 0.15) is 16.1 Å². The molecule has 0 radical (unpaired) electrons. The summed E-state index contributed by atoms with van der Waals surface area (Å²) in [6, 6.07) is 7.44. The van der Waals surface area contributed by atoms with Crippen molar-refractivity contribution in [1.82, 2.24) is 14.4 Å². The highest BCUT2D eigenvalue weighted by atomic mass is 79.9. The molecule has 0 saturated carbocycles. The summed E-state index contributed by atoms with van der Waals surface area (Å²) in [7, 11) is 0. The fraction of sp³-hybridized carbons (Fsp3) is 0.143. The summed E-state index contributed by atoms with van der Waals surface area (Å²) in [4.78, 5) is 8.55. The summed E-state index contributed by atoms with van der Waals surface area (Å²) in [6.07, 6.45) is 5.37. The van der Waals surface area contributed by atoms with E-state index in [-0.39, 0.29) is 0 Å². The topological polar surface area (TPSA) is 48.7 Å². The van der Waals surface area contributed by atoms with Crippen LogP contribution in [0.15, 0.2) is 47.5 Å². The summed E-state index contributed by atoms with van der Waals surface area (Å²) in [5.41, 5.74) is 0.662. The minimum Gasteiger partial charge on any atom is -0.494 e. The van der Waals surface area contributed by atoms with E-state index in [4.69, 9.17) is 9.47 Å². The maximum Gasteiger partial charge on any atom is 0.264 e. The first-order valence-corrected chi connectivity index (χ1v) is 6.95. The van der Waals surface area contributed by atoms with E-state index in [9.17, 15) is 0 Å². The summed E-state index contributed by atoms with van der Waals surface area (Å²) >= 11 is 3.36. The predicted octanol–water partition coefficient (Wildman–Crippen LogP) is 3.68. The SMILES string of the molecule is CCOc1cccc(Oc2nc(Br)cn3ccnc23)c1. The van der Waals surface area contributed by atoms with Crippen LogP contribution in [0.1, 0.15) is 6.92 Å². The van der Waals surface area contributed by atoms with Gasteiger partial charge in [-0.1, -0.05) is 6.07 Å². The fourth-order valence-corrected chi connectivity index (χ4v) is 2.23. The Morgan fingerprint density at radius 3 is 3.00 bits per heavy atom. The van der Waals surface area contributed by atoms with Gasteiger partial charge >= 0.3 is 0 Å². The summed E-state index contributed by atoms with van der Waals surface area (Å²) in [6.45, 7) is 2.56. The molecule has 102 valence electrons. The third kappa shape index (κ3) is 2.60. The van der Waals surface area contributed by atoms with Crippen molar-refractivity contribution in [2.24, 2.45) is 0 Å². The lowest BCUT2D eigenvalue weighted by Gasteiger charge is -2.08. The van der Waals surface area contributed by atoms with Crippen LogP contribution in [0.25, 0.3) is 5.65 Å². The molecule has 0 atom stereocenters. The van der Waals surface area contributed by atoms with Crippen molar-refractivity contribution in [3.8, 4) is 17.4 Å². The Hall–Kier alpha value is -2.08. The van der Waals surface area contributed by atoms with Crippen LogP contribution in [0.4, 0.5) is 0 Å². The molecule has 0 bridgehead atoms. The largest absolute Gasteiger partial charge is 0.494 e. The van der Waals surface area contributed by atoms with Crippen molar-refractivity contribution in [2.75, 3.05) is 6.61 Å². The monoisotopic (exact) mass is 333 g/mol. The van der Waals surface area contributed by atoms with E-state index in [2.05, 4.69) is 25.9 Å². The second kappa shape index (κ2) is 5.50. The average Bonchev–Trinajstić information content (AvgIpc) is 2.87. The molecule has 2 heterocycles. The van der Waals surface area contributed by atoms with Gasteiger partial charge in [0, 0.05) is 24.7 Å². The van der Waals surface area contributed by atoms with E-state index in [0.29, 0.717) is 28.5 Å². The fourth-order valence-electron chi connectivity index (χ4n) is 1.85. The molecule has 0 saturated heterocycles. The number of fused-ring (bicyclic) bond motifs is 1. The molecule has 0 unspecified atom stereocenters. The van der Waals surface area contributed by atoms with Gasteiger partial charge in [0.15, 0.2) is 0 Å². The van der Waals surface area contributed by atoms with E-state index in [1.165, 1.54) is 0 Å². The van der Waals surface area contributed by atoms with Gasteiger partial charge in [-0.15, -0.1) is 0 Å². The van der Waals surface area contributed by atoms with E-state index in [0.717, 1.165) is 5.75 Å². The standard InChI is InChI=1S/C14H12BrN3O2/c1-2-19-10-4-3-5-11(8-10)20-14-13-16-6-7-18(13)9-12(15)17-14/h3-9H,2H2,1H3. The number of benzene rings is 1. The maximum absolute atomic E-state index is 5.81. The molecular weight excluding hydrogens is 322 g/mol. The molecule has 0 N–H and O–H groups in total. The zero-order chi connectivity index (χ0) is 13.9. The normalized spacial score (nSPS) is 10.7. The second-order valence-electron chi connectivity index (χ2n) is 4.04. The second-order valence-corrected chi connectivity index (χ2v) is 4.85. The van der Waals surface area contributed by atoms with Crippen molar-refractivity contribution in [3.63, 3.8) is 0 Å². The molecule has 0 aliphatic carbocycles. The summed E-state index contributed by atoms with van der Waals surface area (Å²) < 4.78 is 13.8. The Kier molecular flexibility index (Phi) is 3.56. The Morgan fingerprint density at radius 1 is 1.30 bits per heavy atom. The molecule has 0 fully saturated rings. The smallest absolute Gasteiger partial charge is 0.264 e. The first kappa shape index (κ1) is 12.9. The lowest BCUT2D eigenvalue weighted by molar-refractivity contribution is 0.338. The highest BCUT2D eigenvalue weighted by Gasteiger charge is 2.09. The van der Waals surface area contributed by atoms with Gasteiger partial charge in [-0.05, 0) is 35.0 Å². The molecule has 3 rings (SSSR count). The molecule has 6 heteroatoms. The summed E-state index contributed by atoms with van der Waals surface area (Å²) in [5.74, 6) is 1.86. The molecule has 1 aromatic carbocycles. The van der Waals surface area contributed by atoms with Crippen LogP contribution in [-0.4, -0.2) is 21.0 Å². The number of imidazole rings is 1. The Bertz CT molecular complexity index is 742. The first-order chi connectivity index (χ1) is 9.76. The number of nitrogens with zero attached hydrogens (tertiary/aromatic N) is 3. The number of aromatic nitrogens is 3. The molecule has 3 aromatic rings. The molecule has 0 aliphatic heterocycles. The number of hydrogen-bond donors (Lipinski definition) is 0. The van der Waals surface area contributed by atoms with E-state index < -0.39 is 0 Å². The van der Waals surface area contributed by atoms with Crippen molar-refractivity contribution in [3.05, 3.63) is 47.5 Å². The van der Waals surface area contributed by atoms with Crippen LogP contribution in [0.5, 0.6) is 17.4 Å². The zero-order valence-corrected chi connectivity index (χ0v) is 12.4. The van der Waals surface area contributed by atoms with Gasteiger partial charge in [-0.25, -0.2) is 9.97 Å².